The molecule has 1 N–H and O–H groups in total. The maximum absolute atomic E-state index is 12.0. The summed E-state index contributed by atoms with van der Waals surface area (Å²) in [7, 11) is 0. The number of thiazole rings is 2. The second-order valence-corrected chi connectivity index (χ2v) is 7.25. The van der Waals surface area contributed by atoms with Crippen molar-refractivity contribution >= 4 is 28.6 Å². The molecule has 0 atom stereocenters. The van der Waals surface area contributed by atoms with E-state index in [1.54, 1.807) is 16.8 Å². The van der Waals surface area contributed by atoms with Crippen molar-refractivity contribution in [2.45, 2.75) is 26.4 Å². The summed E-state index contributed by atoms with van der Waals surface area (Å²) in [4.78, 5) is 20.6. The van der Waals surface area contributed by atoms with Crippen molar-refractivity contribution in [2.75, 3.05) is 6.54 Å². The molecule has 25 heavy (non-hydrogen) atoms. The van der Waals surface area contributed by atoms with Crippen LogP contribution in [0.1, 0.15) is 22.0 Å². The van der Waals surface area contributed by atoms with Crippen LogP contribution in [0, 0.1) is 6.92 Å². The number of hydrogen-bond acceptors (Lipinski definition) is 6. The largest absolute Gasteiger partial charge is 0.486 e. The first-order valence-electron chi connectivity index (χ1n) is 7.95. The lowest BCUT2D eigenvalue weighted by Crippen LogP contribution is -2.27. The van der Waals surface area contributed by atoms with E-state index < -0.39 is 0 Å². The molecule has 0 aliphatic rings. The summed E-state index contributed by atoms with van der Waals surface area (Å²) in [6.45, 7) is 3.05. The van der Waals surface area contributed by atoms with Crippen LogP contribution in [-0.4, -0.2) is 22.4 Å². The van der Waals surface area contributed by atoms with Gasteiger partial charge in [0.15, 0.2) is 0 Å². The molecule has 2 aromatic heterocycles. The fourth-order valence-electron chi connectivity index (χ4n) is 2.19. The third-order valence-electron chi connectivity index (χ3n) is 3.51. The van der Waals surface area contributed by atoms with E-state index >= 15 is 0 Å². The molecule has 0 saturated heterocycles. The number of nitrogens with one attached hydrogen (secondary N) is 1. The Morgan fingerprint density at radius 3 is 2.80 bits per heavy atom. The van der Waals surface area contributed by atoms with Crippen LogP contribution in [-0.2, 0) is 24.2 Å². The van der Waals surface area contributed by atoms with Crippen molar-refractivity contribution in [2.24, 2.45) is 0 Å². The van der Waals surface area contributed by atoms with Crippen LogP contribution < -0.4 is 10.1 Å². The summed E-state index contributed by atoms with van der Waals surface area (Å²) in [5, 5.41) is 7.67. The number of aromatic nitrogens is 2. The van der Waals surface area contributed by atoms with E-state index in [0.29, 0.717) is 13.2 Å². The number of rotatable bonds is 8. The highest BCUT2D eigenvalue weighted by atomic mass is 32.1. The van der Waals surface area contributed by atoms with E-state index in [2.05, 4.69) is 15.3 Å². The van der Waals surface area contributed by atoms with Crippen molar-refractivity contribution < 1.29 is 9.53 Å². The fourth-order valence-corrected chi connectivity index (χ4v) is 3.49. The summed E-state index contributed by atoms with van der Waals surface area (Å²) in [6, 6.07) is 7.91. The van der Waals surface area contributed by atoms with E-state index in [9.17, 15) is 4.79 Å². The van der Waals surface area contributed by atoms with Crippen LogP contribution in [0.15, 0.2) is 40.5 Å². The molecule has 0 aliphatic heterocycles. The number of benzene rings is 1. The SMILES string of the molecule is Cc1ccc(OCc2nc(CC(=O)NCCc3cscn3)cs2)cc1. The minimum atomic E-state index is -0.0217. The Kier molecular flexibility index (Phi) is 6.14. The number of nitrogens with zero attached hydrogens (tertiary/aromatic N) is 2. The van der Waals surface area contributed by atoms with E-state index in [-0.39, 0.29) is 12.3 Å². The quantitative estimate of drug-likeness (QED) is 0.657. The Bertz CT molecular complexity index is 798. The van der Waals surface area contributed by atoms with Gasteiger partial charge in [-0.3, -0.25) is 4.79 Å². The molecule has 0 spiro atoms. The summed E-state index contributed by atoms with van der Waals surface area (Å²) < 4.78 is 5.71. The first-order valence-corrected chi connectivity index (χ1v) is 9.78. The van der Waals surface area contributed by atoms with E-state index in [1.807, 2.05) is 41.9 Å². The second kappa shape index (κ2) is 8.73. The average molecular weight is 374 g/mol. The minimum absolute atomic E-state index is 0.0217. The van der Waals surface area contributed by atoms with Gasteiger partial charge in [-0.15, -0.1) is 22.7 Å². The van der Waals surface area contributed by atoms with Gasteiger partial charge in [-0.25, -0.2) is 9.97 Å². The van der Waals surface area contributed by atoms with E-state index in [1.165, 1.54) is 16.9 Å². The van der Waals surface area contributed by atoms with Crippen LogP contribution in [0.4, 0.5) is 0 Å². The van der Waals surface area contributed by atoms with Crippen molar-refractivity contribution in [3.63, 3.8) is 0 Å². The summed E-state index contributed by atoms with van der Waals surface area (Å²) in [6.07, 6.45) is 1.04. The Hall–Kier alpha value is -2.25. The molecule has 0 radical (unpaired) electrons. The zero-order valence-corrected chi connectivity index (χ0v) is 15.5. The van der Waals surface area contributed by atoms with Crippen LogP contribution >= 0.6 is 22.7 Å². The topological polar surface area (TPSA) is 64.1 Å². The molecule has 0 fully saturated rings. The number of ether oxygens (including phenoxy) is 1. The second-order valence-electron chi connectivity index (χ2n) is 5.59. The highest BCUT2D eigenvalue weighted by Crippen LogP contribution is 2.16. The normalized spacial score (nSPS) is 10.6. The third-order valence-corrected chi connectivity index (χ3v) is 5.02. The number of carbonyl (C=O) groups is 1. The molecule has 3 aromatic rings. The molecule has 130 valence electrons. The van der Waals surface area contributed by atoms with Gasteiger partial charge in [-0.2, -0.15) is 0 Å². The summed E-state index contributed by atoms with van der Waals surface area (Å²) >= 11 is 3.07. The zero-order valence-electron chi connectivity index (χ0n) is 13.9. The Morgan fingerprint density at radius 2 is 2.04 bits per heavy atom. The first kappa shape index (κ1) is 17.6. The van der Waals surface area contributed by atoms with Gasteiger partial charge in [-0.05, 0) is 19.1 Å². The van der Waals surface area contributed by atoms with Crippen LogP contribution in [0.25, 0.3) is 0 Å². The number of carbonyl (C=O) groups excluding carboxylic acids is 1. The molecule has 0 unspecified atom stereocenters. The lowest BCUT2D eigenvalue weighted by molar-refractivity contribution is -0.120. The van der Waals surface area contributed by atoms with Crippen molar-refractivity contribution in [3.8, 4) is 5.75 Å². The first-order chi connectivity index (χ1) is 12.2. The van der Waals surface area contributed by atoms with Gasteiger partial charge in [0.2, 0.25) is 5.91 Å². The lowest BCUT2D eigenvalue weighted by atomic mass is 10.2. The molecular formula is C18H19N3O2S2. The van der Waals surface area contributed by atoms with E-state index in [4.69, 9.17) is 4.74 Å². The molecule has 3 rings (SSSR count). The number of amides is 1. The Morgan fingerprint density at radius 1 is 1.20 bits per heavy atom. The predicted molar refractivity (Wildman–Crippen MR) is 100 cm³/mol. The zero-order chi connectivity index (χ0) is 17.5. The van der Waals surface area contributed by atoms with E-state index in [0.717, 1.165) is 28.6 Å². The molecular weight excluding hydrogens is 354 g/mol. The van der Waals surface area contributed by atoms with Crippen molar-refractivity contribution in [3.05, 3.63) is 62.5 Å². The molecule has 0 aliphatic carbocycles. The molecule has 2 heterocycles. The molecule has 1 aromatic carbocycles. The van der Waals surface area contributed by atoms with Gasteiger partial charge in [-0.1, -0.05) is 17.7 Å². The monoisotopic (exact) mass is 373 g/mol. The maximum atomic E-state index is 12.0. The Labute approximate surface area is 154 Å². The molecule has 5 nitrogen and oxygen atoms in total. The Balaban J connectivity index is 1.41. The van der Waals surface area contributed by atoms with Crippen LogP contribution in [0.3, 0.4) is 0 Å². The highest BCUT2D eigenvalue weighted by Gasteiger charge is 2.08. The summed E-state index contributed by atoms with van der Waals surface area (Å²) in [5.41, 5.74) is 4.78. The molecule has 0 saturated carbocycles. The smallest absolute Gasteiger partial charge is 0.226 e. The van der Waals surface area contributed by atoms with Crippen LogP contribution in [0.5, 0.6) is 5.75 Å². The van der Waals surface area contributed by atoms with Gasteiger partial charge in [0.05, 0.1) is 23.3 Å². The van der Waals surface area contributed by atoms with Gasteiger partial charge in [0.1, 0.15) is 17.4 Å². The van der Waals surface area contributed by atoms with Crippen LogP contribution in [0.2, 0.25) is 0 Å². The average Bonchev–Trinajstić information content (AvgIpc) is 3.26. The molecule has 1 amide bonds. The molecule has 0 bridgehead atoms. The van der Waals surface area contributed by atoms with Gasteiger partial charge in [0, 0.05) is 23.7 Å². The number of aryl methyl sites for hydroxylation is 1. The summed E-state index contributed by atoms with van der Waals surface area (Å²) in [5.74, 6) is 0.800. The maximum Gasteiger partial charge on any atom is 0.226 e. The fraction of sp³-hybridized carbons (Fsp3) is 0.278. The molecule has 7 heteroatoms. The lowest BCUT2D eigenvalue weighted by Gasteiger charge is -2.04. The standard InChI is InChI=1S/C18H19N3O2S2/c1-13-2-4-16(5-3-13)23-9-18-21-15(11-25-18)8-17(22)19-7-6-14-10-24-12-20-14/h2-5,10-12H,6-9H2,1H3,(H,19,22). The van der Waals surface area contributed by atoms with Crippen molar-refractivity contribution in [1.29, 1.82) is 0 Å². The van der Waals surface area contributed by atoms with Crippen molar-refractivity contribution in [1.82, 2.24) is 15.3 Å². The highest BCUT2D eigenvalue weighted by molar-refractivity contribution is 7.09. The third kappa shape index (κ3) is 5.65. The van der Waals surface area contributed by atoms with Gasteiger partial charge in [0.25, 0.3) is 0 Å². The minimum Gasteiger partial charge on any atom is -0.486 e. The van der Waals surface area contributed by atoms with Gasteiger partial charge >= 0.3 is 0 Å². The number of hydrogen-bond donors (Lipinski definition) is 1. The van der Waals surface area contributed by atoms with Gasteiger partial charge < -0.3 is 10.1 Å². The predicted octanol–water partition coefficient (Wildman–Crippen LogP) is 3.39.